The third-order valence-corrected chi connectivity index (χ3v) is 2.11. The minimum absolute atomic E-state index is 0.111. The molecule has 0 saturated carbocycles. The molecule has 3 heteroatoms. The Hall–Kier alpha value is -1.06. The van der Waals surface area contributed by atoms with E-state index in [1.165, 1.54) is 0 Å². The largest absolute Gasteiger partial charge is 0.496 e. The van der Waals surface area contributed by atoms with E-state index in [0.29, 0.717) is 6.54 Å². The monoisotopic (exact) mass is 195 g/mol. The molecule has 0 saturated heterocycles. The van der Waals surface area contributed by atoms with E-state index in [-0.39, 0.29) is 12.6 Å². The van der Waals surface area contributed by atoms with Crippen molar-refractivity contribution >= 4 is 0 Å². The second-order valence-electron chi connectivity index (χ2n) is 3.28. The highest BCUT2D eigenvalue weighted by atomic mass is 16.5. The van der Waals surface area contributed by atoms with E-state index in [0.717, 1.165) is 11.3 Å². The zero-order chi connectivity index (χ0) is 10.4. The fraction of sp³-hybridized carbons (Fsp3) is 0.455. The van der Waals surface area contributed by atoms with E-state index >= 15 is 0 Å². The number of hydrogen-bond donors (Lipinski definition) is 2. The molecule has 2 N–H and O–H groups in total. The molecule has 1 aromatic rings. The molecule has 1 aromatic carbocycles. The van der Waals surface area contributed by atoms with Gasteiger partial charge in [-0.05, 0) is 13.0 Å². The minimum Gasteiger partial charge on any atom is -0.496 e. The Balaban J connectivity index is 2.57. The number of para-hydroxylation sites is 1. The summed E-state index contributed by atoms with van der Waals surface area (Å²) in [5, 5.41) is 12.0. The van der Waals surface area contributed by atoms with Gasteiger partial charge in [0.15, 0.2) is 0 Å². The van der Waals surface area contributed by atoms with Crippen molar-refractivity contribution in [2.45, 2.75) is 19.5 Å². The average molecular weight is 195 g/mol. The molecule has 3 nitrogen and oxygen atoms in total. The van der Waals surface area contributed by atoms with Crippen molar-refractivity contribution in [1.29, 1.82) is 0 Å². The van der Waals surface area contributed by atoms with Crippen LogP contribution in [0.15, 0.2) is 24.3 Å². The van der Waals surface area contributed by atoms with Gasteiger partial charge in [-0.2, -0.15) is 0 Å². The molecule has 0 radical (unpaired) electrons. The van der Waals surface area contributed by atoms with E-state index in [1.54, 1.807) is 7.11 Å². The van der Waals surface area contributed by atoms with Crippen LogP contribution in [-0.2, 0) is 6.54 Å². The summed E-state index contributed by atoms with van der Waals surface area (Å²) in [4.78, 5) is 0. The van der Waals surface area contributed by atoms with Gasteiger partial charge in [0.25, 0.3) is 0 Å². The first-order chi connectivity index (χ1) is 6.77. The van der Waals surface area contributed by atoms with Crippen LogP contribution >= 0.6 is 0 Å². The number of benzene rings is 1. The van der Waals surface area contributed by atoms with Gasteiger partial charge in [-0.25, -0.2) is 0 Å². The number of nitrogens with one attached hydrogen (secondary N) is 1. The second kappa shape index (κ2) is 5.62. The van der Waals surface area contributed by atoms with Crippen LogP contribution in [0, 0.1) is 0 Å². The highest BCUT2D eigenvalue weighted by Gasteiger charge is 2.03. The molecule has 1 atom stereocenters. The molecule has 0 amide bonds. The average Bonchev–Trinajstić information content (AvgIpc) is 2.26. The molecule has 1 rings (SSSR count). The standard InChI is InChI=1S/C11H17NO2/c1-9(8-13)12-7-10-5-3-4-6-11(10)14-2/h3-6,9,12-13H,7-8H2,1-2H3/t9-/m0/s1. The normalized spacial score (nSPS) is 12.5. The zero-order valence-corrected chi connectivity index (χ0v) is 8.66. The van der Waals surface area contributed by atoms with Crippen molar-refractivity contribution in [3.05, 3.63) is 29.8 Å². The summed E-state index contributed by atoms with van der Waals surface area (Å²) in [6.45, 7) is 2.80. The lowest BCUT2D eigenvalue weighted by Crippen LogP contribution is -2.28. The van der Waals surface area contributed by atoms with Gasteiger partial charge < -0.3 is 15.2 Å². The molecule has 0 bridgehead atoms. The predicted molar refractivity (Wildman–Crippen MR) is 56.4 cm³/mol. The van der Waals surface area contributed by atoms with Gasteiger partial charge in [0.05, 0.1) is 13.7 Å². The summed E-state index contributed by atoms with van der Waals surface area (Å²) in [7, 11) is 1.66. The van der Waals surface area contributed by atoms with Crippen molar-refractivity contribution in [3.8, 4) is 5.75 Å². The van der Waals surface area contributed by atoms with Crippen LogP contribution < -0.4 is 10.1 Å². The van der Waals surface area contributed by atoms with Gasteiger partial charge in [-0.1, -0.05) is 18.2 Å². The number of ether oxygens (including phenoxy) is 1. The van der Waals surface area contributed by atoms with Crippen LogP contribution in [-0.4, -0.2) is 24.9 Å². The van der Waals surface area contributed by atoms with Gasteiger partial charge in [0.1, 0.15) is 5.75 Å². The van der Waals surface area contributed by atoms with Gasteiger partial charge >= 0.3 is 0 Å². The van der Waals surface area contributed by atoms with Crippen molar-refractivity contribution in [3.63, 3.8) is 0 Å². The number of methoxy groups -OCH3 is 1. The number of hydrogen-bond acceptors (Lipinski definition) is 3. The summed E-state index contributed by atoms with van der Waals surface area (Å²) < 4.78 is 5.21. The van der Waals surface area contributed by atoms with Gasteiger partial charge in [-0.15, -0.1) is 0 Å². The third-order valence-electron chi connectivity index (χ3n) is 2.11. The maximum absolute atomic E-state index is 8.85. The number of rotatable bonds is 5. The first kappa shape index (κ1) is 11.0. The zero-order valence-electron chi connectivity index (χ0n) is 8.66. The highest BCUT2D eigenvalue weighted by molar-refractivity contribution is 5.32. The molecule has 78 valence electrons. The van der Waals surface area contributed by atoms with E-state index in [1.807, 2.05) is 31.2 Å². The Labute approximate surface area is 84.7 Å². The van der Waals surface area contributed by atoms with E-state index in [4.69, 9.17) is 9.84 Å². The lowest BCUT2D eigenvalue weighted by Gasteiger charge is -2.12. The molecule has 0 spiro atoms. The molecule has 0 heterocycles. The summed E-state index contributed by atoms with van der Waals surface area (Å²) in [5.74, 6) is 0.880. The predicted octanol–water partition coefficient (Wildman–Crippen LogP) is 1.17. The molecule has 0 fully saturated rings. The lowest BCUT2D eigenvalue weighted by molar-refractivity contribution is 0.250. The summed E-state index contributed by atoms with van der Waals surface area (Å²) in [5.41, 5.74) is 1.11. The molecule has 0 aliphatic rings. The Morgan fingerprint density at radius 2 is 2.14 bits per heavy atom. The SMILES string of the molecule is COc1ccccc1CN[C@@H](C)CO. The van der Waals surface area contributed by atoms with E-state index in [2.05, 4.69) is 5.32 Å². The number of aliphatic hydroxyl groups excluding tert-OH is 1. The smallest absolute Gasteiger partial charge is 0.123 e. The van der Waals surface area contributed by atoms with E-state index in [9.17, 15) is 0 Å². The summed E-state index contributed by atoms with van der Waals surface area (Å²) >= 11 is 0. The molecular weight excluding hydrogens is 178 g/mol. The van der Waals surface area contributed by atoms with Crippen LogP contribution in [0.2, 0.25) is 0 Å². The molecule has 0 aromatic heterocycles. The second-order valence-corrected chi connectivity index (χ2v) is 3.28. The van der Waals surface area contributed by atoms with Crippen molar-refractivity contribution in [2.24, 2.45) is 0 Å². The van der Waals surface area contributed by atoms with Crippen LogP contribution in [0.4, 0.5) is 0 Å². The molecule has 0 aliphatic carbocycles. The lowest BCUT2D eigenvalue weighted by atomic mass is 10.2. The van der Waals surface area contributed by atoms with Crippen LogP contribution in [0.25, 0.3) is 0 Å². The van der Waals surface area contributed by atoms with Gasteiger partial charge in [0, 0.05) is 18.2 Å². The van der Waals surface area contributed by atoms with Crippen LogP contribution in [0.3, 0.4) is 0 Å². The molecule has 14 heavy (non-hydrogen) atoms. The Kier molecular flexibility index (Phi) is 4.43. The highest BCUT2D eigenvalue weighted by Crippen LogP contribution is 2.16. The fourth-order valence-electron chi connectivity index (χ4n) is 1.20. The Morgan fingerprint density at radius 3 is 2.79 bits per heavy atom. The Bertz CT molecular complexity index is 276. The maximum atomic E-state index is 8.85. The topological polar surface area (TPSA) is 41.5 Å². The summed E-state index contributed by atoms with van der Waals surface area (Å²) in [6, 6.07) is 7.97. The fourth-order valence-corrected chi connectivity index (χ4v) is 1.20. The third kappa shape index (κ3) is 3.01. The number of aliphatic hydroxyl groups is 1. The van der Waals surface area contributed by atoms with Crippen molar-refractivity contribution in [2.75, 3.05) is 13.7 Å². The molecule has 0 aliphatic heterocycles. The van der Waals surface area contributed by atoms with Gasteiger partial charge in [-0.3, -0.25) is 0 Å². The van der Waals surface area contributed by atoms with Crippen molar-refractivity contribution in [1.82, 2.24) is 5.32 Å². The Morgan fingerprint density at radius 1 is 1.43 bits per heavy atom. The minimum atomic E-state index is 0.111. The molecular formula is C11H17NO2. The summed E-state index contributed by atoms with van der Waals surface area (Å²) in [6.07, 6.45) is 0. The van der Waals surface area contributed by atoms with Gasteiger partial charge in [0.2, 0.25) is 0 Å². The van der Waals surface area contributed by atoms with E-state index < -0.39 is 0 Å². The van der Waals surface area contributed by atoms with Crippen molar-refractivity contribution < 1.29 is 9.84 Å². The first-order valence-corrected chi connectivity index (χ1v) is 4.74. The molecule has 0 unspecified atom stereocenters. The van der Waals surface area contributed by atoms with Crippen LogP contribution in [0.5, 0.6) is 5.75 Å². The first-order valence-electron chi connectivity index (χ1n) is 4.74. The quantitative estimate of drug-likeness (QED) is 0.741. The maximum Gasteiger partial charge on any atom is 0.123 e. The van der Waals surface area contributed by atoms with Crippen LogP contribution in [0.1, 0.15) is 12.5 Å².